The monoisotopic (exact) mass is 258 g/mol. The fraction of sp³-hybridized carbons (Fsp3) is 0.312. The van der Waals surface area contributed by atoms with Gasteiger partial charge in [0.15, 0.2) is 0 Å². The van der Waals surface area contributed by atoms with E-state index in [0.29, 0.717) is 0 Å². The zero-order valence-electron chi connectivity index (χ0n) is 11.1. The average molecular weight is 258 g/mol. The molecule has 0 radical (unpaired) electrons. The van der Waals surface area contributed by atoms with Crippen LogP contribution in [-0.2, 0) is 12.8 Å². The minimum absolute atomic E-state index is 0.0752. The molecule has 1 heterocycles. The van der Waals surface area contributed by atoms with Crippen LogP contribution in [0.1, 0.15) is 23.2 Å². The molecule has 2 aromatic rings. The standard InChI is InChI=1S/C16H19FN2/c1-12-10-14(17)6-5-13(12)11-15(18)7-8-16-4-2-3-9-19-16/h2-6,9-10,15H,7-8,11,18H2,1H3. The van der Waals surface area contributed by atoms with E-state index in [-0.39, 0.29) is 11.9 Å². The van der Waals surface area contributed by atoms with Crippen molar-refractivity contribution < 1.29 is 4.39 Å². The molecule has 0 saturated carbocycles. The van der Waals surface area contributed by atoms with Crippen molar-refractivity contribution in [3.05, 3.63) is 65.2 Å². The molecule has 0 aliphatic carbocycles. The van der Waals surface area contributed by atoms with Gasteiger partial charge in [-0.05, 0) is 61.6 Å². The number of benzene rings is 1. The summed E-state index contributed by atoms with van der Waals surface area (Å²) in [5.74, 6) is -0.191. The maximum absolute atomic E-state index is 13.0. The Morgan fingerprint density at radius 1 is 1.26 bits per heavy atom. The molecule has 0 amide bonds. The molecule has 1 atom stereocenters. The van der Waals surface area contributed by atoms with Crippen LogP contribution in [0, 0.1) is 12.7 Å². The number of nitrogens with two attached hydrogens (primary N) is 1. The maximum Gasteiger partial charge on any atom is 0.123 e. The van der Waals surface area contributed by atoms with E-state index < -0.39 is 0 Å². The third-order valence-electron chi connectivity index (χ3n) is 3.28. The second-order valence-corrected chi connectivity index (χ2v) is 4.89. The molecule has 0 aliphatic heterocycles. The Morgan fingerprint density at radius 2 is 2.11 bits per heavy atom. The molecule has 1 unspecified atom stereocenters. The summed E-state index contributed by atoms with van der Waals surface area (Å²) < 4.78 is 13.0. The molecule has 2 rings (SSSR count). The van der Waals surface area contributed by atoms with Crippen LogP contribution in [0.2, 0.25) is 0 Å². The number of pyridine rings is 1. The highest BCUT2D eigenvalue weighted by molar-refractivity contribution is 5.27. The van der Waals surface area contributed by atoms with Crippen molar-refractivity contribution in [2.75, 3.05) is 0 Å². The van der Waals surface area contributed by atoms with Gasteiger partial charge < -0.3 is 5.73 Å². The van der Waals surface area contributed by atoms with E-state index in [1.54, 1.807) is 12.3 Å². The maximum atomic E-state index is 13.0. The van der Waals surface area contributed by atoms with Gasteiger partial charge in [-0.3, -0.25) is 4.98 Å². The number of aryl methyl sites for hydroxylation is 2. The van der Waals surface area contributed by atoms with Crippen molar-refractivity contribution in [2.45, 2.75) is 32.2 Å². The van der Waals surface area contributed by atoms with Crippen LogP contribution in [0.4, 0.5) is 4.39 Å². The molecule has 19 heavy (non-hydrogen) atoms. The normalized spacial score (nSPS) is 12.4. The zero-order chi connectivity index (χ0) is 13.7. The number of aromatic nitrogens is 1. The minimum atomic E-state index is -0.191. The van der Waals surface area contributed by atoms with Crippen molar-refractivity contribution >= 4 is 0 Å². The first-order chi connectivity index (χ1) is 9.15. The van der Waals surface area contributed by atoms with Crippen LogP contribution in [0.5, 0.6) is 0 Å². The molecular weight excluding hydrogens is 239 g/mol. The molecule has 2 N–H and O–H groups in total. The fourth-order valence-corrected chi connectivity index (χ4v) is 2.15. The van der Waals surface area contributed by atoms with Gasteiger partial charge in [0.1, 0.15) is 5.82 Å². The largest absolute Gasteiger partial charge is 0.327 e. The third-order valence-corrected chi connectivity index (χ3v) is 3.28. The van der Waals surface area contributed by atoms with Gasteiger partial charge in [0.05, 0.1) is 0 Å². The summed E-state index contributed by atoms with van der Waals surface area (Å²) in [6, 6.07) is 10.9. The summed E-state index contributed by atoms with van der Waals surface area (Å²) in [5, 5.41) is 0. The van der Waals surface area contributed by atoms with Crippen LogP contribution in [-0.4, -0.2) is 11.0 Å². The lowest BCUT2D eigenvalue weighted by atomic mass is 9.98. The van der Waals surface area contributed by atoms with Gasteiger partial charge in [-0.15, -0.1) is 0 Å². The van der Waals surface area contributed by atoms with Crippen molar-refractivity contribution in [3.63, 3.8) is 0 Å². The van der Waals surface area contributed by atoms with E-state index in [1.165, 1.54) is 6.07 Å². The van der Waals surface area contributed by atoms with Gasteiger partial charge in [-0.2, -0.15) is 0 Å². The van der Waals surface area contributed by atoms with Crippen LogP contribution in [0.15, 0.2) is 42.6 Å². The van der Waals surface area contributed by atoms with E-state index in [1.807, 2.05) is 31.2 Å². The number of hydrogen-bond acceptors (Lipinski definition) is 2. The Bertz CT molecular complexity index is 526. The molecule has 0 spiro atoms. The van der Waals surface area contributed by atoms with Gasteiger partial charge >= 0.3 is 0 Å². The number of rotatable bonds is 5. The van der Waals surface area contributed by atoms with Crippen LogP contribution in [0.25, 0.3) is 0 Å². The first-order valence-electron chi connectivity index (χ1n) is 6.55. The lowest BCUT2D eigenvalue weighted by Crippen LogP contribution is -2.24. The highest BCUT2D eigenvalue weighted by atomic mass is 19.1. The van der Waals surface area contributed by atoms with Gasteiger partial charge in [-0.25, -0.2) is 4.39 Å². The van der Waals surface area contributed by atoms with Crippen molar-refractivity contribution in [1.29, 1.82) is 0 Å². The second-order valence-electron chi connectivity index (χ2n) is 4.89. The zero-order valence-corrected chi connectivity index (χ0v) is 11.1. The van der Waals surface area contributed by atoms with E-state index in [4.69, 9.17) is 5.73 Å². The molecular formula is C16H19FN2. The van der Waals surface area contributed by atoms with Crippen LogP contribution in [0.3, 0.4) is 0 Å². The molecule has 0 bridgehead atoms. The van der Waals surface area contributed by atoms with Crippen molar-refractivity contribution in [3.8, 4) is 0 Å². The number of hydrogen-bond donors (Lipinski definition) is 1. The second kappa shape index (κ2) is 6.43. The summed E-state index contributed by atoms with van der Waals surface area (Å²) in [5.41, 5.74) is 9.29. The number of nitrogens with zero attached hydrogens (tertiary/aromatic N) is 1. The van der Waals surface area contributed by atoms with Gasteiger partial charge in [0.25, 0.3) is 0 Å². The Labute approximate surface area is 113 Å². The predicted octanol–water partition coefficient (Wildman–Crippen LogP) is 3.03. The first-order valence-corrected chi connectivity index (χ1v) is 6.55. The van der Waals surface area contributed by atoms with E-state index in [0.717, 1.165) is 36.1 Å². The van der Waals surface area contributed by atoms with Crippen LogP contribution >= 0.6 is 0 Å². The Hall–Kier alpha value is -1.74. The predicted molar refractivity (Wildman–Crippen MR) is 75.4 cm³/mol. The first kappa shape index (κ1) is 13.7. The SMILES string of the molecule is Cc1cc(F)ccc1CC(N)CCc1ccccn1. The third kappa shape index (κ3) is 4.14. The van der Waals surface area contributed by atoms with Gasteiger partial charge in [0, 0.05) is 17.9 Å². The lowest BCUT2D eigenvalue weighted by Gasteiger charge is -2.13. The van der Waals surface area contributed by atoms with Gasteiger partial charge in [-0.1, -0.05) is 12.1 Å². The highest BCUT2D eigenvalue weighted by Gasteiger charge is 2.07. The quantitative estimate of drug-likeness (QED) is 0.895. The molecule has 0 aliphatic rings. The Kier molecular flexibility index (Phi) is 4.63. The summed E-state index contributed by atoms with van der Waals surface area (Å²) in [6.07, 6.45) is 4.33. The summed E-state index contributed by atoms with van der Waals surface area (Å²) in [4.78, 5) is 4.28. The molecule has 1 aromatic carbocycles. The summed E-state index contributed by atoms with van der Waals surface area (Å²) in [6.45, 7) is 1.92. The lowest BCUT2D eigenvalue weighted by molar-refractivity contribution is 0.598. The molecule has 2 nitrogen and oxygen atoms in total. The fourth-order valence-electron chi connectivity index (χ4n) is 2.15. The summed E-state index contributed by atoms with van der Waals surface area (Å²) in [7, 11) is 0. The molecule has 1 aromatic heterocycles. The topological polar surface area (TPSA) is 38.9 Å². The van der Waals surface area contributed by atoms with Crippen LogP contribution < -0.4 is 5.73 Å². The highest BCUT2D eigenvalue weighted by Crippen LogP contribution is 2.13. The molecule has 0 fully saturated rings. The number of halogens is 1. The molecule has 3 heteroatoms. The van der Waals surface area contributed by atoms with E-state index in [9.17, 15) is 4.39 Å². The van der Waals surface area contributed by atoms with Crippen molar-refractivity contribution in [2.24, 2.45) is 5.73 Å². The van der Waals surface area contributed by atoms with E-state index in [2.05, 4.69) is 4.98 Å². The smallest absolute Gasteiger partial charge is 0.123 e. The minimum Gasteiger partial charge on any atom is -0.327 e. The Balaban J connectivity index is 1.89. The average Bonchev–Trinajstić information content (AvgIpc) is 2.41. The molecule has 100 valence electrons. The Morgan fingerprint density at radius 3 is 2.79 bits per heavy atom. The van der Waals surface area contributed by atoms with E-state index >= 15 is 0 Å². The summed E-state index contributed by atoms with van der Waals surface area (Å²) >= 11 is 0. The van der Waals surface area contributed by atoms with Crippen molar-refractivity contribution in [1.82, 2.24) is 4.98 Å². The molecule has 0 saturated heterocycles. The van der Waals surface area contributed by atoms with Gasteiger partial charge in [0.2, 0.25) is 0 Å².